The summed E-state index contributed by atoms with van der Waals surface area (Å²) in [5.74, 6) is 0.981. The number of nitrogens with zero attached hydrogens (tertiary/aromatic N) is 3. The van der Waals surface area contributed by atoms with Crippen LogP contribution in [0, 0.1) is 0 Å². The number of likely N-dealkylation sites (N-methyl/N-ethyl adjacent to an activating group) is 1. The topological polar surface area (TPSA) is 74.1 Å². The van der Waals surface area contributed by atoms with Crippen molar-refractivity contribution in [2.24, 2.45) is 0 Å². The van der Waals surface area contributed by atoms with Crippen molar-refractivity contribution in [1.29, 1.82) is 0 Å². The van der Waals surface area contributed by atoms with Crippen molar-refractivity contribution in [3.8, 4) is 0 Å². The fourth-order valence-corrected chi connectivity index (χ4v) is 5.29. The van der Waals surface area contributed by atoms with Gasteiger partial charge in [-0.15, -0.1) is 0 Å². The Kier molecular flexibility index (Phi) is 7.55. The van der Waals surface area contributed by atoms with Gasteiger partial charge in [0.25, 0.3) is 0 Å². The molecule has 1 amide bonds. The van der Waals surface area contributed by atoms with Crippen molar-refractivity contribution < 1.29 is 17.6 Å². The van der Waals surface area contributed by atoms with Crippen molar-refractivity contribution in [2.45, 2.75) is 39.2 Å². The van der Waals surface area contributed by atoms with E-state index in [2.05, 4.69) is 6.92 Å². The fourth-order valence-electron chi connectivity index (χ4n) is 3.75. The normalized spacial score (nSPS) is 17.3. The van der Waals surface area contributed by atoms with Gasteiger partial charge in [0.15, 0.2) is 0 Å². The third kappa shape index (κ3) is 5.42. The Morgan fingerprint density at radius 2 is 1.87 bits per heavy atom. The first kappa shape index (κ1) is 22.8. The molecular weight excluding hydrogens is 402 g/mol. The molecule has 0 spiro atoms. The Bertz CT molecular complexity index is 915. The lowest BCUT2D eigenvalue weighted by Crippen LogP contribution is -2.51. The molecule has 1 aromatic heterocycles. The number of amides is 1. The molecule has 1 fully saturated rings. The summed E-state index contributed by atoms with van der Waals surface area (Å²) >= 11 is 0. The fraction of sp³-hybridized carbons (Fsp3) is 0.591. The summed E-state index contributed by atoms with van der Waals surface area (Å²) in [5.41, 5.74) is 0.816. The van der Waals surface area contributed by atoms with Gasteiger partial charge in [0, 0.05) is 38.6 Å². The minimum Gasteiger partial charge on any atom is -0.459 e. The van der Waals surface area contributed by atoms with E-state index >= 15 is 0 Å². The first-order valence-corrected chi connectivity index (χ1v) is 12.4. The van der Waals surface area contributed by atoms with Crippen LogP contribution in [-0.4, -0.2) is 74.0 Å². The predicted molar refractivity (Wildman–Crippen MR) is 119 cm³/mol. The number of hydrogen-bond donors (Lipinski definition) is 0. The summed E-state index contributed by atoms with van der Waals surface area (Å²) in [6.07, 6.45) is 2.65. The highest BCUT2D eigenvalue weighted by molar-refractivity contribution is 7.89. The Balaban J connectivity index is 1.51. The molecule has 1 saturated heterocycles. The van der Waals surface area contributed by atoms with Crippen LogP contribution in [0.25, 0.3) is 11.0 Å². The van der Waals surface area contributed by atoms with Crippen LogP contribution in [0.4, 0.5) is 0 Å². The molecule has 0 radical (unpaired) electrons. The lowest BCUT2D eigenvalue weighted by molar-refractivity contribution is -0.133. The molecule has 1 atom stereocenters. The Labute approximate surface area is 179 Å². The smallest absolute Gasteiger partial charge is 0.237 e. The zero-order valence-corrected chi connectivity index (χ0v) is 19.0. The van der Waals surface area contributed by atoms with E-state index in [1.54, 1.807) is 16.3 Å². The number of para-hydroxylation sites is 1. The summed E-state index contributed by atoms with van der Waals surface area (Å²) in [5, 5.41) is 1.02. The summed E-state index contributed by atoms with van der Waals surface area (Å²) in [6.45, 7) is 6.35. The molecule has 8 heteroatoms. The van der Waals surface area contributed by atoms with Crippen molar-refractivity contribution in [3.63, 3.8) is 0 Å². The van der Waals surface area contributed by atoms with E-state index in [1.165, 1.54) is 0 Å². The highest BCUT2D eigenvalue weighted by Crippen LogP contribution is 2.26. The summed E-state index contributed by atoms with van der Waals surface area (Å²) < 4.78 is 32.4. The molecule has 0 N–H and O–H groups in total. The van der Waals surface area contributed by atoms with Gasteiger partial charge >= 0.3 is 0 Å². The predicted octanol–water partition coefficient (Wildman–Crippen LogP) is 3.09. The van der Waals surface area contributed by atoms with Crippen molar-refractivity contribution in [3.05, 3.63) is 36.1 Å². The number of unbranched alkanes of at least 4 members (excludes halogenated alkanes) is 2. The summed E-state index contributed by atoms with van der Waals surface area (Å²) in [4.78, 5) is 16.5. The van der Waals surface area contributed by atoms with E-state index in [9.17, 15) is 13.2 Å². The largest absolute Gasteiger partial charge is 0.459 e. The van der Waals surface area contributed by atoms with Crippen LogP contribution in [0.2, 0.25) is 0 Å². The molecule has 0 aliphatic carbocycles. The molecular formula is C22H33N3O4S. The Morgan fingerprint density at radius 1 is 1.17 bits per heavy atom. The number of carbonyl (C=O) groups excluding carboxylic acids is 1. The molecule has 0 bridgehead atoms. The van der Waals surface area contributed by atoms with Gasteiger partial charge in [-0.05, 0) is 25.5 Å². The van der Waals surface area contributed by atoms with E-state index in [0.29, 0.717) is 32.6 Å². The maximum Gasteiger partial charge on any atom is 0.237 e. The molecule has 1 aliphatic heterocycles. The Morgan fingerprint density at radius 3 is 2.53 bits per heavy atom. The lowest BCUT2D eigenvalue weighted by Gasteiger charge is -2.35. The molecule has 0 saturated carbocycles. The number of benzene rings is 1. The van der Waals surface area contributed by atoms with Gasteiger partial charge in [-0.3, -0.25) is 9.69 Å². The average molecular weight is 436 g/mol. The second-order valence-corrected chi connectivity index (χ2v) is 10.2. The monoisotopic (exact) mass is 435 g/mol. The van der Waals surface area contributed by atoms with Crippen LogP contribution in [0.3, 0.4) is 0 Å². The van der Waals surface area contributed by atoms with Gasteiger partial charge in [-0.1, -0.05) is 38.0 Å². The summed E-state index contributed by atoms with van der Waals surface area (Å²) in [7, 11) is -1.40. The highest BCUT2D eigenvalue weighted by Gasteiger charge is 2.28. The van der Waals surface area contributed by atoms with Gasteiger partial charge in [-0.25, -0.2) is 8.42 Å². The highest BCUT2D eigenvalue weighted by atomic mass is 32.2. The van der Waals surface area contributed by atoms with E-state index in [4.69, 9.17) is 4.42 Å². The van der Waals surface area contributed by atoms with Crippen LogP contribution in [-0.2, 0) is 14.8 Å². The molecule has 2 aromatic rings. The van der Waals surface area contributed by atoms with Crippen LogP contribution in [0.1, 0.15) is 44.9 Å². The maximum absolute atomic E-state index is 12.8. The van der Waals surface area contributed by atoms with E-state index < -0.39 is 10.0 Å². The second-order valence-electron chi connectivity index (χ2n) is 8.07. The second kappa shape index (κ2) is 9.94. The van der Waals surface area contributed by atoms with Gasteiger partial charge in [-0.2, -0.15) is 4.31 Å². The van der Waals surface area contributed by atoms with Crippen LogP contribution < -0.4 is 0 Å². The van der Waals surface area contributed by atoms with E-state index in [1.807, 2.05) is 42.2 Å². The number of furan rings is 1. The zero-order valence-electron chi connectivity index (χ0n) is 18.2. The van der Waals surface area contributed by atoms with Crippen molar-refractivity contribution in [2.75, 3.05) is 45.5 Å². The Hall–Kier alpha value is -1.90. The number of rotatable bonds is 9. The van der Waals surface area contributed by atoms with Crippen LogP contribution in [0.5, 0.6) is 0 Å². The van der Waals surface area contributed by atoms with Gasteiger partial charge in [0.1, 0.15) is 11.3 Å². The first-order chi connectivity index (χ1) is 14.3. The minimum absolute atomic E-state index is 0.00205. The van der Waals surface area contributed by atoms with E-state index in [-0.39, 0.29) is 24.2 Å². The minimum atomic E-state index is -3.19. The first-order valence-electron chi connectivity index (χ1n) is 10.8. The van der Waals surface area contributed by atoms with Crippen LogP contribution in [0.15, 0.2) is 34.7 Å². The molecule has 7 nitrogen and oxygen atoms in total. The van der Waals surface area contributed by atoms with Gasteiger partial charge in [0.2, 0.25) is 15.9 Å². The van der Waals surface area contributed by atoms with Crippen molar-refractivity contribution in [1.82, 2.24) is 14.1 Å². The number of carbonyl (C=O) groups is 1. The molecule has 2 heterocycles. The quantitative estimate of drug-likeness (QED) is 0.566. The SMILES string of the molecule is CCCCCS(=O)(=O)N1CCN(CC(=O)N(C)C(C)c2cc3ccccc3o2)CC1. The molecule has 1 aromatic carbocycles. The van der Waals surface area contributed by atoms with E-state index in [0.717, 1.165) is 29.6 Å². The molecule has 166 valence electrons. The number of piperazine rings is 1. The van der Waals surface area contributed by atoms with Gasteiger partial charge < -0.3 is 9.32 Å². The number of hydrogen-bond acceptors (Lipinski definition) is 5. The van der Waals surface area contributed by atoms with Crippen molar-refractivity contribution >= 4 is 26.9 Å². The maximum atomic E-state index is 12.8. The third-order valence-corrected chi connectivity index (χ3v) is 7.88. The number of fused-ring (bicyclic) bond motifs is 1. The third-order valence-electron chi connectivity index (χ3n) is 5.92. The summed E-state index contributed by atoms with van der Waals surface area (Å²) in [6, 6.07) is 9.61. The molecule has 30 heavy (non-hydrogen) atoms. The average Bonchev–Trinajstić information content (AvgIpc) is 3.17. The lowest BCUT2D eigenvalue weighted by atomic mass is 10.2. The zero-order chi connectivity index (χ0) is 21.7. The van der Waals surface area contributed by atoms with Gasteiger partial charge in [0.05, 0.1) is 18.3 Å². The standard InChI is InChI=1S/C22H33N3O4S/c1-4-5-8-15-30(27,28)25-13-11-24(12-14-25)17-22(26)23(3)18(2)21-16-19-9-6-7-10-20(19)29-21/h6-7,9-10,16,18H,4-5,8,11-15,17H2,1-3H3. The molecule has 1 aliphatic rings. The van der Waals surface area contributed by atoms with Crippen LogP contribution >= 0.6 is 0 Å². The number of sulfonamides is 1. The molecule has 3 rings (SSSR count). The molecule has 1 unspecified atom stereocenters.